The van der Waals surface area contributed by atoms with Crippen LogP contribution in [-0.2, 0) is 16.2 Å². The minimum atomic E-state index is -0.479. The highest BCUT2D eigenvalue weighted by Crippen LogP contribution is 2.38. The van der Waals surface area contributed by atoms with E-state index < -0.39 is 11.8 Å². The van der Waals surface area contributed by atoms with Gasteiger partial charge >= 0.3 is 0 Å². The topological polar surface area (TPSA) is 67.9 Å². The van der Waals surface area contributed by atoms with Gasteiger partial charge in [-0.05, 0) is 57.9 Å². The normalized spacial score (nSPS) is 14.6. The van der Waals surface area contributed by atoms with Crippen molar-refractivity contribution in [2.24, 2.45) is 0 Å². The molecule has 0 atom stereocenters. The molecule has 0 radical (unpaired) electrons. The highest BCUT2D eigenvalue weighted by Gasteiger charge is 2.34. The second-order valence-corrected chi connectivity index (χ2v) is 8.15. The SMILES string of the molecule is COc1cc(/C=C2/C(=O)NN(c3ccccc3)C2=O)cc(Br)c1OCc1ccccc1Cl. The van der Waals surface area contributed by atoms with Crippen molar-refractivity contribution in [3.05, 3.63) is 92.9 Å². The second-order valence-electron chi connectivity index (χ2n) is 6.89. The maximum atomic E-state index is 12.8. The molecule has 1 aliphatic heterocycles. The van der Waals surface area contributed by atoms with Crippen LogP contribution in [-0.4, -0.2) is 18.9 Å². The Kier molecular flexibility index (Phi) is 6.48. The molecule has 1 saturated heterocycles. The number of benzene rings is 3. The van der Waals surface area contributed by atoms with Crippen LogP contribution in [0.15, 0.2) is 76.8 Å². The number of nitrogens with one attached hydrogen (secondary N) is 1. The number of carbonyl (C=O) groups is 2. The number of hydrogen-bond donors (Lipinski definition) is 1. The van der Waals surface area contributed by atoms with Crippen LogP contribution < -0.4 is 19.9 Å². The van der Waals surface area contributed by atoms with Crippen molar-refractivity contribution >= 4 is 51.1 Å². The Morgan fingerprint density at radius 3 is 2.50 bits per heavy atom. The molecule has 0 unspecified atom stereocenters. The van der Waals surface area contributed by atoms with Crippen molar-refractivity contribution in [1.82, 2.24) is 5.43 Å². The Hall–Kier alpha value is -3.29. The number of para-hydroxylation sites is 1. The first-order valence-electron chi connectivity index (χ1n) is 9.64. The van der Waals surface area contributed by atoms with E-state index in [9.17, 15) is 9.59 Å². The van der Waals surface area contributed by atoms with Crippen LogP contribution in [0.3, 0.4) is 0 Å². The zero-order valence-corrected chi connectivity index (χ0v) is 19.3. The summed E-state index contributed by atoms with van der Waals surface area (Å²) in [6.07, 6.45) is 1.52. The van der Waals surface area contributed by atoms with Gasteiger partial charge in [-0.3, -0.25) is 15.0 Å². The van der Waals surface area contributed by atoms with Gasteiger partial charge in [-0.15, -0.1) is 0 Å². The van der Waals surface area contributed by atoms with Crippen LogP contribution in [0.4, 0.5) is 5.69 Å². The molecule has 6 nitrogen and oxygen atoms in total. The molecule has 1 heterocycles. The summed E-state index contributed by atoms with van der Waals surface area (Å²) < 4.78 is 12.0. The lowest BCUT2D eigenvalue weighted by molar-refractivity contribution is -0.117. The third kappa shape index (κ3) is 4.49. The maximum Gasteiger partial charge on any atom is 0.282 e. The molecule has 3 aromatic rings. The van der Waals surface area contributed by atoms with Gasteiger partial charge in [0.25, 0.3) is 11.8 Å². The predicted molar refractivity (Wildman–Crippen MR) is 127 cm³/mol. The Labute approximate surface area is 198 Å². The molecule has 162 valence electrons. The molecule has 3 aromatic carbocycles. The Bertz CT molecular complexity index is 1210. The Balaban J connectivity index is 1.60. The van der Waals surface area contributed by atoms with Crippen molar-refractivity contribution in [1.29, 1.82) is 0 Å². The molecule has 0 spiro atoms. The molecule has 1 N–H and O–H groups in total. The first-order chi connectivity index (χ1) is 15.5. The largest absolute Gasteiger partial charge is 0.493 e. The molecule has 0 aromatic heterocycles. The highest BCUT2D eigenvalue weighted by atomic mass is 79.9. The molecule has 4 rings (SSSR count). The summed E-state index contributed by atoms with van der Waals surface area (Å²) in [6.45, 7) is 0.252. The van der Waals surface area contributed by atoms with E-state index in [4.69, 9.17) is 21.1 Å². The summed E-state index contributed by atoms with van der Waals surface area (Å²) in [6, 6.07) is 19.8. The van der Waals surface area contributed by atoms with Gasteiger partial charge in [0.1, 0.15) is 12.2 Å². The molecular formula is C24H18BrClN2O4. The van der Waals surface area contributed by atoms with Crippen molar-refractivity contribution in [3.63, 3.8) is 0 Å². The first-order valence-corrected chi connectivity index (χ1v) is 10.8. The van der Waals surface area contributed by atoms with Gasteiger partial charge in [-0.1, -0.05) is 48.0 Å². The fourth-order valence-electron chi connectivity index (χ4n) is 3.21. The zero-order chi connectivity index (χ0) is 22.7. The van der Waals surface area contributed by atoms with Crippen LogP contribution in [0.5, 0.6) is 11.5 Å². The molecule has 1 aliphatic rings. The van der Waals surface area contributed by atoms with E-state index in [1.807, 2.05) is 24.3 Å². The zero-order valence-electron chi connectivity index (χ0n) is 17.0. The summed E-state index contributed by atoms with van der Waals surface area (Å²) >= 11 is 9.70. The average Bonchev–Trinajstić information content (AvgIpc) is 3.08. The van der Waals surface area contributed by atoms with E-state index >= 15 is 0 Å². The molecule has 1 fully saturated rings. The average molecular weight is 514 g/mol. The standard InChI is InChI=1S/C24H18BrClN2O4/c1-31-21-13-15(12-19(25)22(21)32-14-16-7-5-6-10-20(16)26)11-18-23(29)27-28(24(18)30)17-8-3-2-4-9-17/h2-13H,14H2,1H3,(H,27,29)/b18-11-. The van der Waals surface area contributed by atoms with Crippen molar-refractivity contribution < 1.29 is 19.1 Å². The smallest absolute Gasteiger partial charge is 0.282 e. The lowest BCUT2D eigenvalue weighted by Gasteiger charge is -2.14. The van der Waals surface area contributed by atoms with Crippen LogP contribution in [0.2, 0.25) is 5.02 Å². The summed E-state index contributed by atoms with van der Waals surface area (Å²) in [5, 5.41) is 1.83. The van der Waals surface area contributed by atoms with E-state index in [1.165, 1.54) is 18.2 Å². The van der Waals surface area contributed by atoms with Crippen LogP contribution >= 0.6 is 27.5 Å². The lowest BCUT2D eigenvalue weighted by atomic mass is 10.1. The number of rotatable bonds is 6. The van der Waals surface area contributed by atoms with E-state index in [-0.39, 0.29) is 12.2 Å². The third-order valence-electron chi connectivity index (χ3n) is 4.80. The molecule has 32 heavy (non-hydrogen) atoms. The summed E-state index contributed by atoms with van der Waals surface area (Å²) in [7, 11) is 1.52. The summed E-state index contributed by atoms with van der Waals surface area (Å²) in [5.74, 6) is 0.0232. The van der Waals surface area contributed by atoms with E-state index in [2.05, 4.69) is 21.4 Å². The van der Waals surface area contributed by atoms with Gasteiger partial charge in [-0.25, -0.2) is 5.01 Å². The van der Waals surface area contributed by atoms with Crippen molar-refractivity contribution in [2.75, 3.05) is 12.1 Å². The Morgan fingerprint density at radius 1 is 1.06 bits per heavy atom. The van der Waals surface area contributed by atoms with E-state index in [0.29, 0.717) is 32.2 Å². The van der Waals surface area contributed by atoms with Crippen LogP contribution in [0, 0.1) is 0 Å². The monoisotopic (exact) mass is 512 g/mol. The fraction of sp³-hybridized carbons (Fsp3) is 0.0833. The molecule has 2 amide bonds. The quantitative estimate of drug-likeness (QED) is 0.366. The number of hydrogen-bond acceptors (Lipinski definition) is 4. The summed E-state index contributed by atoms with van der Waals surface area (Å²) in [5.41, 5.74) is 4.63. The minimum Gasteiger partial charge on any atom is -0.493 e. The number of methoxy groups -OCH3 is 1. The predicted octanol–water partition coefficient (Wildman–Crippen LogP) is 5.15. The van der Waals surface area contributed by atoms with Crippen LogP contribution in [0.1, 0.15) is 11.1 Å². The maximum absolute atomic E-state index is 12.8. The Morgan fingerprint density at radius 2 is 1.78 bits per heavy atom. The number of anilines is 1. The number of halogens is 2. The lowest BCUT2D eigenvalue weighted by Crippen LogP contribution is -2.35. The van der Waals surface area contributed by atoms with Crippen LogP contribution in [0.25, 0.3) is 6.08 Å². The van der Waals surface area contributed by atoms with E-state index in [0.717, 1.165) is 5.56 Å². The summed E-state index contributed by atoms with van der Waals surface area (Å²) in [4.78, 5) is 25.3. The van der Waals surface area contributed by atoms with Gasteiger partial charge in [0.15, 0.2) is 11.5 Å². The van der Waals surface area contributed by atoms with Crippen molar-refractivity contribution in [2.45, 2.75) is 6.61 Å². The number of ether oxygens (including phenoxy) is 2. The number of nitrogens with zero attached hydrogens (tertiary/aromatic N) is 1. The number of amides is 2. The molecule has 0 bridgehead atoms. The van der Waals surface area contributed by atoms with Gasteiger partial charge in [0.05, 0.1) is 17.3 Å². The van der Waals surface area contributed by atoms with Gasteiger partial charge < -0.3 is 9.47 Å². The highest BCUT2D eigenvalue weighted by molar-refractivity contribution is 9.10. The minimum absolute atomic E-state index is 0.0209. The van der Waals surface area contributed by atoms with Gasteiger partial charge in [-0.2, -0.15) is 0 Å². The van der Waals surface area contributed by atoms with Crippen molar-refractivity contribution in [3.8, 4) is 11.5 Å². The third-order valence-corrected chi connectivity index (χ3v) is 5.76. The second kappa shape index (κ2) is 9.46. The molecular weight excluding hydrogens is 496 g/mol. The number of carbonyl (C=O) groups excluding carboxylic acids is 2. The molecule has 0 aliphatic carbocycles. The first kappa shape index (κ1) is 21.9. The van der Waals surface area contributed by atoms with E-state index in [1.54, 1.807) is 42.5 Å². The fourth-order valence-corrected chi connectivity index (χ4v) is 3.98. The number of hydrazine groups is 1. The molecule has 8 heteroatoms. The van der Waals surface area contributed by atoms with Gasteiger partial charge in [0.2, 0.25) is 0 Å². The van der Waals surface area contributed by atoms with Gasteiger partial charge in [0, 0.05) is 10.6 Å². The molecule has 0 saturated carbocycles.